The number of carbonyl (C=O) groups excluding carboxylic acids is 1. The van der Waals surface area contributed by atoms with Crippen molar-refractivity contribution in [2.75, 3.05) is 5.73 Å². The summed E-state index contributed by atoms with van der Waals surface area (Å²) in [7, 11) is 0. The predicted octanol–water partition coefficient (Wildman–Crippen LogP) is 3.34. The van der Waals surface area contributed by atoms with Gasteiger partial charge in [0.05, 0.1) is 5.69 Å². The van der Waals surface area contributed by atoms with Gasteiger partial charge < -0.3 is 16.2 Å². The number of nitrogens with one attached hydrogen (secondary N) is 1. The Bertz CT molecular complexity index is 419. The third-order valence-corrected chi connectivity index (χ3v) is 3.34. The average Bonchev–Trinajstić information content (AvgIpc) is 2.44. The molecule has 0 fully saturated rings. The number of hydrogen-bond donors (Lipinski definition) is 3. The van der Waals surface area contributed by atoms with E-state index in [2.05, 4.69) is 12.2 Å². The molecular formula is C16H26N2O2. The number of nitrogens with two attached hydrogens (primary N) is 1. The molecule has 4 nitrogen and oxygen atoms in total. The third-order valence-electron chi connectivity index (χ3n) is 3.34. The van der Waals surface area contributed by atoms with E-state index in [1.807, 2.05) is 0 Å². The molecule has 0 atom stereocenters. The van der Waals surface area contributed by atoms with Crippen molar-refractivity contribution in [2.45, 2.75) is 58.4 Å². The first-order valence-electron chi connectivity index (χ1n) is 7.47. The maximum Gasteiger partial charge on any atom is 0.220 e. The van der Waals surface area contributed by atoms with Crippen molar-refractivity contribution in [2.24, 2.45) is 0 Å². The van der Waals surface area contributed by atoms with E-state index >= 15 is 0 Å². The number of unbranched alkanes of at least 4 members (excludes halogenated alkanes) is 5. The molecule has 20 heavy (non-hydrogen) atoms. The zero-order chi connectivity index (χ0) is 14.8. The van der Waals surface area contributed by atoms with Crippen molar-refractivity contribution < 1.29 is 9.90 Å². The van der Waals surface area contributed by atoms with E-state index in [0.717, 1.165) is 18.4 Å². The van der Waals surface area contributed by atoms with Crippen LogP contribution in [-0.2, 0) is 11.3 Å². The molecule has 0 bridgehead atoms. The Balaban J connectivity index is 2.15. The van der Waals surface area contributed by atoms with E-state index in [1.165, 1.54) is 25.7 Å². The Hall–Kier alpha value is -1.71. The summed E-state index contributed by atoms with van der Waals surface area (Å²) in [5, 5.41) is 12.2. The number of phenols is 1. The molecule has 1 aromatic carbocycles. The van der Waals surface area contributed by atoms with E-state index in [-0.39, 0.29) is 11.7 Å². The molecule has 4 heteroatoms. The summed E-state index contributed by atoms with van der Waals surface area (Å²) in [4.78, 5) is 11.7. The summed E-state index contributed by atoms with van der Waals surface area (Å²) < 4.78 is 0. The third kappa shape index (κ3) is 6.45. The average molecular weight is 278 g/mol. The Morgan fingerprint density at radius 3 is 2.60 bits per heavy atom. The van der Waals surface area contributed by atoms with Crippen molar-refractivity contribution in [1.82, 2.24) is 5.32 Å². The Morgan fingerprint density at radius 2 is 1.90 bits per heavy atom. The summed E-state index contributed by atoms with van der Waals surface area (Å²) in [5.74, 6) is 0.152. The number of carbonyl (C=O) groups is 1. The standard InChI is InChI=1S/C16H26N2O2/c1-2-3-4-5-6-7-8-16(20)18-12-13-9-10-15(19)14(17)11-13/h9-11,19H,2-8,12,17H2,1H3,(H,18,20). The molecule has 0 spiro atoms. The first-order valence-corrected chi connectivity index (χ1v) is 7.47. The molecule has 0 aliphatic rings. The van der Waals surface area contributed by atoms with Gasteiger partial charge >= 0.3 is 0 Å². The first-order chi connectivity index (χ1) is 9.63. The van der Waals surface area contributed by atoms with Crippen LogP contribution in [-0.4, -0.2) is 11.0 Å². The largest absolute Gasteiger partial charge is 0.506 e. The van der Waals surface area contributed by atoms with Crippen LogP contribution in [0.25, 0.3) is 0 Å². The topological polar surface area (TPSA) is 75.3 Å². The summed E-state index contributed by atoms with van der Waals surface area (Å²) >= 11 is 0. The van der Waals surface area contributed by atoms with Crippen molar-refractivity contribution in [3.05, 3.63) is 23.8 Å². The van der Waals surface area contributed by atoms with Crippen molar-refractivity contribution in [1.29, 1.82) is 0 Å². The van der Waals surface area contributed by atoms with Gasteiger partial charge in [0.1, 0.15) is 5.75 Å². The summed E-state index contributed by atoms with van der Waals surface area (Å²) in [5.41, 5.74) is 6.84. The Labute approximate surface area is 121 Å². The van der Waals surface area contributed by atoms with Crippen molar-refractivity contribution in [3.63, 3.8) is 0 Å². The van der Waals surface area contributed by atoms with Gasteiger partial charge in [0.15, 0.2) is 0 Å². The zero-order valence-electron chi connectivity index (χ0n) is 12.3. The number of phenolic OH excluding ortho intramolecular Hbond substituents is 1. The van der Waals surface area contributed by atoms with Crippen LogP contribution in [0.2, 0.25) is 0 Å². The van der Waals surface area contributed by atoms with Gasteiger partial charge in [-0.25, -0.2) is 0 Å². The van der Waals surface area contributed by atoms with E-state index in [0.29, 0.717) is 18.7 Å². The fourth-order valence-electron chi connectivity index (χ4n) is 2.07. The molecule has 112 valence electrons. The zero-order valence-corrected chi connectivity index (χ0v) is 12.3. The Morgan fingerprint density at radius 1 is 1.20 bits per heavy atom. The van der Waals surface area contributed by atoms with E-state index in [9.17, 15) is 9.90 Å². The lowest BCUT2D eigenvalue weighted by Gasteiger charge is -2.07. The molecule has 1 amide bonds. The van der Waals surface area contributed by atoms with Crippen LogP contribution < -0.4 is 11.1 Å². The quantitative estimate of drug-likeness (QED) is 0.368. The maximum atomic E-state index is 11.7. The molecule has 0 aromatic heterocycles. The van der Waals surface area contributed by atoms with Gasteiger partial charge in [-0.2, -0.15) is 0 Å². The van der Waals surface area contributed by atoms with Crippen LogP contribution in [0.5, 0.6) is 5.75 Å². The molecule has 1 rings (SSSR count). The van der Waals surface area contributed by atoms with Gasteiger partial charge in [0.25, 0.3) is 0 Å². The monoisotopic (exact) mass is 278 g/mol. The number of anilines is 1. The highest BCUT2D eigenvalue weighted by Gasteiger charge is 2.03. The SMILES string of the molecule is CCCCCCCCC(=O)NCc1ccc(O)c(N)c1. The molecule has 1 aromatic rings. The van der Waals surface area contributed by atoms with Crippen LogP contribution in [0.1, 0.15) is 57.4 Å². The van der Waals surface area contributed by atoms with Crippen LogP contribution >= 0.6 is 0 Å². The van der Waals surface area contributed by atoms with Crippen molar-refractivity contribution in [3.8, 4) is 5.75 Å². The highest BCUT2D eigenvalue weighted by atomic mass is 16.3. The van der Waals surface area contributed by atoms with E-state index < -0.39 is 0 Å². The number of hydrogen-bond acceptors (Lipinski definition) is 3. The molecule has 4 N–H and O–H groups in total. The lowest BCUT2D eigenvalue weighted by Crippen LogP contribution is -2.22. The number of aromatic hydroxyl groups is 1. The van der Waals surface area contributed by atoms with Crippen molar-refractivity contribution >= 4 is 11.6 Å². The van der Waals surface area contributed by atoms with Gasteiger partial charge in [-0.05, 0) is 24.1 Å². The van der Waals surface area contributed by atoms with Crippen LogP contribution in [0.3, 0.4) is 0 Å². The number of nitrogen functional groups attached to an aromatic ring is 1. The highest BCUT2D eigenvalue weighted by molar-refractivity contribution is 5.75. The second-order valence-electron chi connectivity index (χ2n) is 5.19. The van der Waals surface area contributed by atoms with Gasteiger partial charge in [-0.15, -0.1) is 0 Å². The minimum Gasteiger partial charge on any atom is -0.506 e. The lowest BCUT2D eigenvalue weighted by atomic mass is 10.1. The van der Waals surface area contributed by atoms with Crippen LogP contribution in [0.15, 0.2) is 18.2 Å². The molecular weight excluding hydrogens is 252 g/mol. The first kappa shape index (κ1) is 16.3. The normalized spacial score (nSPS) is 10.4. The summed E-state index contributed by atoms with van der Waals surface area (Å²) in [6, 6.07) is 4.99. The van der Waals surface area contributed by atoms with E-state index in [4.69, 9.17) is 5.73 Å². The van der Waals surface area contributed by atoms with Crippen LogP contribution in [0.4, 0.5) is 5.69 Å². The molecule has 0 aliphatic carbocycles. The van der Waals surface area contributed by atoms with Gasteiger partial charge in [-0.3, -0.25) is 4.79 Å². The lowest BCUT2D eigenvalue weighted by molar-refractivity contribution is -0.121. The highest BCUT2D eigenvalue weighted by Crippen LogP contribution is 2.20. The van der Waals surface area contributed by atoms with Crippen LogP contribution in [0, 0.1) is 0 Å². The molecule has 0 aliphatic heterocycles. The molecule has 0 radical (unpaired) electrons. The summed E-state index contributed by atoms with van der Waals surface area (Å²) in [6.07, 6.45) is 7.68. The smallest absolute Gasteiger partial charge is 0.220 e. The number of rotatable bonds is 9. The fourth-order valence-corrected chi connectivity index (χ4v) is 2.07. The van der Waals surface area contributed by atoms with Gasteiger partial charge in [0, 0.05) is 13.0 Å². The maximum absolute atomic E-state index is 11.7. The Kier molecular flexibility index (Phi) is 7.55. The second-order valence-corrected chi connectivity index (χ2v) is 5.19. The molecule has 0 unspecified atom stereocenters. The predicted molar refractivity (Wildman–Crippen MR) is 82.4 cm³/mol. The molecule has 0 heterocycles. The summed E-state index contributed by atoms with van der Waals surface area (Å²) in [6.45, 7) is 2.66. The second kappa shape index (κ2) is 9.23. The molecule has 0 saturated heterocycles. The number of amides is 1. The minimum absolute atomic E-state index is 0.0761. The van der Waals surface area contributed by atoms with Gasteiger partial charge in [0.2, 0.25) is 5.91 Å². The van der Waals surface area contributed by atoms with E-state index in [1.54, 1.807) is 18.2 Å². The number of benzene rings is 1. The fraction of sp³-hybridized carbons (Fsp3) is 0.562. The minimum atomic E-state index is 0.0761. The van der Waals surface area contributed by atoms with Gasteiger partial charge in [-0.1, -0.05) is 45.1 Å². The molecule has 0 saturated carbocycles.